The van der Waals surface area contributed by atoms with Gasteiger partial charge in [0.15, 0.2) is 9.84 Å². The van der Waals surface area contributed by atoms with Crippen LogP contribution in [0.5, 0.6) is 0 Å². The van der Waals surface area contributed by atoms with Crippen LogP contribution >= 0.6 is 0 Å². The summed E-state index contributed by atoms with van der Waals surface area (Å²) in [4.78, 5) is -1.29. The minimum absolute atomic E-state index is 0.275. The van der Waals surface area contributed by atoms with Crippen LogP contribution in [0.2, 0.25) is 0 Å². The van der Waals surface area contributed by atoms with Gasteiger partial charge in [0.2, 0.25) is 0 Å². The number of nitrogens with zero attached hydrogens (tertiary/aromatic N) is 2. The van der Waals surface area contributed by atoms with Gasteiger partial charge in [-0.05, 0) is 18.2 Å². The van der Waals surface area contributed by atoms with Crippen LogP contribution < -0.4 is 0 Å². The van der Waals surface area contributed by atoms with Gasteiger partial charge in [-0.3, -0.25) is 9.11 Å². The van der Waals surface area contributed by atoms with E-state index in [4.69, 9.17) is 9.11 Å². The van der Waals surface area contributed by atoms with Crippen molar-refractivity contribution in [1.82, 2.24) is 0 Å². The normalized spacial score (nSPS) is 13.5. The smallest absolute Gasteiger partial charge is 0.282 e. The molecule has 0 bridgehead atoms. The first-order valence-corrected chi connectivity index (χ1v) is 10.1. The monoisotopic (exact) mass is 388 g/mol. The van der Waals surface area contributed by atoms with Crippen molar-refractivity contribution in [3.05, 3.63) is 18.2 Å². The molecule has 14 heteroatoms. The Labute approximate surface area is 132 Å². The van der Waals surface area contributed by atoms with Crippen LogP contribution in [0.4, 0.5) is 5.69 Å². The van der Waals surface area contributed by atoms with Crippen molar-refractivity contribution in [2.45, 2.75) is 9.79 Å². The summed E-state index contributed by atoms with van der Waals surface area (Å²) in [6.45, 7) is -0.876. The molecule has 0 aliphatic carbocycles. The van der Waals surface area contributed by atoms with Crippen LogP contribution in [-0.4, -0.2) is 53.8 Å². The van der Waals surface area contributed by atoms with E-state index < -0.39 is 52.5 Å². The van der Waals surface area contributed by atoms with Gasteiger partial charge < -0.3 is 0 Å². The number of rotatable bonds is 7. The van der Waals surface area contributed by atoms with E-state index in [1.54, 1.807) is 0 Å². The molecule has 11 nitrogen and oxygen atoms in total. The zero-order chi connectivity index (χ0) is 17.9. The maximum absolute atomic E-state index is 12.0. The Kier molecular flexibility index (Phi) is 5.95. The van der Waals surface area contributed by atoms with Gasteiger partial charge >= 0.3 is 10.4 Å². The molecule has 130 valence electrons. The molecule has 1 aromatic carbocycles. The van der Waals surface area contributed by atoms with Crippen molar-refractivity contribution in [3.63, 3.8) is 0 Å². The second-order valence-corrected chi connectivity index (χ2v) is 8.56. The molecule has 0 aliphatic rings. The quantitative estimate of drug-likeness (QED) is 0.489. The third-order valence-corrected chi connectivity index (χ3v) is 5.38. The van der Waals surface area contributed by atoms with E-state index in [1.165, 1.54) is 7.05 Å². The lowest BCUT2D eigenvalue weighted by Crippen LogP contribution is -2.16. The molecule has 0 atom stereocenters. The highest BCUT2D eigenvalue weighted by Gasteiger charge is 2.22. The molecule has 0 aromatic heterocycles. The fraction of sp³-hybridized carbons (Fsp3) is 0.333. The molecule has 0 unspecified atom stereocenters. The molecule has 0 saturated carbocycles. The Morgan fingerprint density at radius 1 is 1.09 bits per heavy atom. The Bertz CT molecular complexity index is 917. The standard InChI is InChI=1S/C9H12N2O9S3/c1-10-11-8-3-2-7(6-9(8)22(14,15)16)21(12,13)5-4-20-23(17,18)19/h2-3,6H,4-5H2,1H3,(H,14,15,16)(H,17,18,19)/b11-10+. The van der Waals surface area contributed by atoms with E-state index >= 15 is 0 Å². The highest BCUT2D eigenvalue weighted by Crippen LogP contribution is 2.28. The van der Waals surface area contributed by atoms with Crippen LogP contribution in [0.15, 0.2) is 38.2 Å². The van der Waals surface area contributed by atoms with Gasteiger partial charge in [-0.25, -0.2) is 12.6 Å². The summed E-state index contributed by atoms with van der Waals surface area (Å²) in [5.74, 6) is -0.855. The number of hydrogen-bond donors (Lipinski definition) is 2. The lowest BCUT2D eigenvalue weighted by Gasteiger charge is -2.07. The molecule has 0 radical (unpaired) electrons. The fourth-order valence-corrected chi connectivity index (χ4v) is 3.69. The van der Waals surface area contributed by atoms with Crippen molar-refractivity contribution in [2.75, 3.05) is 19.4 Å². The van der Waals surface area contributed by atoms with Gasteiger partial charge in [0.05, 0.1) is 17.3 Å². The maximum Gasteiger partial charge on any atom is 0.397 e. The summed E-state index contributed by atoms with van der Waals surface area (Å²) in [5.41, 5.74) is -0.275. The maximum atomic E-state index is 12.0. The van der Waals surface area contributed by atoms with Gasteiger partial charge in [-0.2, -0.15) is 27.1 Å². The van der Waals surface area contributed by atoms with Crippen LogP contribution in [0.3, 0.4) is 0 Å². The summed E-state index contributed by atoms with van der Waals surface area (Å²) < 4.78 is 88.6. The van der Waals surface area contributed by atoms with Crippen molar-refractivity contribution >= 4 is 36.0 Å². The number of hydrogen-bond acceptors (Lipinski definition) is 9. The summed E-state index contributed by atoms with van der Waals surface area (Å²) in [5, 5.41) is 6.78. The SMILES string of the molecule is C/N=N/c1ccc(S(=O)(=O)CCOS(=O)(=O)O)cc1S(=O)(=O)O. The first-order valence-electron chi connectivity index (χ1n) is 5.63. The Balaban J connectivity index is 3.23. The second-order valence-electron chi connectivity index (χ2n) is 3.97. The molecular weight excluding hydrogens is 376 g/mol. The molecule has 0 spiro atoms. The molecular formula is C9H12N2O9S3. The molecule has 0 saturated heterocycles. The van der Waals surface area contributed by atoms with Gasteiger partial charge in [0, 0.05) is 7.05 Å². The zero-order valence-electron chi connectivity index (χ0n) is 11.5. The largest absolute Gasteiger partial charge is 0.397 e. The zero-order valence-corrected chi connectivity index (χ0v) is 14.0. The van der Waals surface area contributed by atoms with Crippen LogP contribution in [0.25, 0.3) is 0 Å². The molecule has 0 aliphatic heterocycles. The third-order valence-electron chi connectivity index (χ3n) is 2.36. The molecule has 1 rings (SSSR count). The first-order chi connectivity index (χ1) is 10.4. The van der Waals surface area contributed by atoms with E-state index in [9.17, 15) is 25.3 Å². The molecule has 0 amide bonds. The Morgan fingerprint density at radius 3 is 2.17 bits per heavy atom. The van der Waals surface area contributed by atoms with Gasteiger partial charge in [-0.1, -0.05) is 0 Å². The van der Waals surface area contributed by atoms with E-state index in [1.807, 2.05) is 0 Å². The van der Waals surface area contributed by atoms with E-state index in [2.05, 4.69) is 14.4 Å². The third kappa shape index (κ3) is 5.92. The minimum atomic E-state index is -4.80. The molecule has 1 aromatic rings. The molecule has 0 heterocycles. The predicted molar refractivity (Wildman–Crippen MR) is 76.3 cm³/mol. The van der Waals surface area contributed by atoms with E-state index in [0.717, 1.165) is 12.1 Å². The molecule has 2 N–H and O–H groups in total. The average molecular weight is 388 g/mol. The summed E-state index contributed by atoms with van der Waals surface area (Å²) in [6, 6.07) is 2.66. The Hall–Kier alpha value is -1.45. The number of sulfone groups is 1. The van der Waals surface area contributed by atoms with Crippen LogP contribution in [0.1, 0.15) is 0 Å². The number of benzene rings is 1. The van der Waals surface area contributed by atoms with E-state index in [0.29, 0.717) is 6.07 Å². The van der Waals surface area contributed by atoms with Gasteiger partial charge in [-0.15, -0.1) is 0 Å². The highest BCUT2D eigenvalue weighted by atomic mass is 32.3. The van der Waals surface area contributed by atoms with Crippen LogP contribution in [-0.2, 0) is 34.5 Å². The lowest BCUT2D eigenvalue weighted by atomic mass is 10.3. The minimum Gasteiger partial charge on any atom is -0.282 e. The average Bonchev–Trinajstić information content (AvgIpc) is 2.36. The summed E-state index contributed by atoms with van der Waals surface area (Å²) in [6.07, 6.45) is 0. The van der Waals surface area contributed by atoms with Crippen LogP contribution in [0, 0.1) is 0 Å². The van der Waals surface area contributed by atoms with Crippen molar-refractivity contribution in [3.8, 4) is 0 Å². The molecule has 0 fully saturated rings. The van der Waals surface area contributed by atoms with Crippen molar-refractivity contribution in [1.29, 1.82) is 0 Å². The van der Waals surface area contributed by atoms with Crippen molar-refractivity contribution < 1.29 is 38.5 Å². The van der Waals surface area contributed by atoms with Gasteiger partial charge in [0.25, 0.3) is 10.1 Å². The highest BCUT2D eigenvalue weighted by molar-refractivity contribution is 7.91. The second kappa shape index (κ2) is 6.98. The van der Waals surface area contributed by atoms with Crippen molar-refractivity contribution in [2.24, 2.45) is 10.2 Å². The molecule has 23 heavy (non-hydrogen) atoms. The predicted octanol–water partition coefficient (Wildman–Crippen LogP) is 0.240. The summed E-state index contributed by atoms with van der Waals surface area (Å²) in [7, 11) is -12.5. The van der Waals surface area contributed by atoms with E-state index in [-0.39, 0.29) is 5.69 Å². The summed E-state index contributed by atoms with van der Waals surface area (Å²) >= 11 is 0. The van der Waals surface area contributed by atoms with Gasteiger partial charge in [0.1, 0.15) is 10.6 Å². The fourth-order valence-electron chi connectivity index (χ4n) is 1.45. The number of azo groups is 1. The first kappa shape index (κ1) is 19.6. The lowest BCUT2D eigenvalue weighted by molar-refractivity contribution is 0.284. The Morgan fingerprint density at radius 2 is 1.70 bits per heavy atom. The topological polar surface area (TPSA) is 177 Å².